The molecule has 4 heterocycles. The van der Waals surface area contributed by atoms with Crippen LogP contribution in [-0.4, -0.2) is 69.3 Å². The van der Waals surface area contributed by atoms with Gasteiger partial charge in [-0.15, -0.1) is 0 Å². The van der Waals surface area contributed by atoms with Gasteiger partial charge in [0.2, 0.25) is 0 Å². The molecule has 2 saturated heterocycles. The second-order valence-corrected chi connectivity index (χ2v) is 25.1. The largest absolute Gasteiger partial charge is 0.456 e. The second kappa shape index (κ2) is 10.6. The summed E-state index contributed by atoms with van der Waals surface area (Å²) in [6, 6.07) is 3.40. The number of ether oxygens (including phenoxy) is 3. The van der Waals surface area contributed by atoms with Gasteiger partial charge in [-0.1, -0.05) is 72.8 Å². The fourth-order valence-electron chi connectivity index (χ4n) is 5.25. The van der Waals surface area contributed by atoms with Crippen molar-refractivity contribution in [2.24, 2.45) is 0 Å². The third-order valence-corrected chi connectivity index (χ3v) is 15.3. The summed E-state index contributed by atoms with van der Waals surface area (Å²) in [7, 11) is -3.89. The summed E-state index contributed by atoms with van der Waals surface area (Å²) in [6.45, 7) is 22.2. The van der Waals surface area contributed by atoms with Crippen LogP contribution in [0.1, 0.15) is 41.5 Å². The van der Waals surface area contributed by atoms with Gasteiger partial charge in [0.15, 0.2) is 11.8 Å². The predicted molar refractivity (Wildman–Crippen MR) is 160 cm³/mol. The second-order valence-electron chi connectivity index (χ2n) is 13.3. The molecule has 2 fully saturated rings. The summed E-state index contributed by atoms with van der Waals surface area (Å²) >= 11 is 8.55. The lowest BCUT2D eigenvalue weighted by Crippen LogP contribution is -2.65. The van der Waals surface area contributed by atoms with E-state index >= 15 is 0 Å². The Morgan fingerprint density at radius 3 is 2.43 bits per heavy atom. The molecule has 2 aromatic rings. The van der Waals surface area contributed by atoms with E-state index in [1.807, 2.05) is 10.6 Å². The molecule has 12 heteroatoms. The van der Waals surface area contributed by atoms with E-state index in [-0.39, 0.29) is 28.4 Å². The number of rotatable bonds is 7. The van der Waals surface area contributed by atoms with E-state index in [0.29, 0.717) is 46.9 Å². The van der Waals surface area contributed by atoms with E-state index in [1.54, 1.807) is 0 Å². The van der Waals surface area contributed by atoms with Crippen molar-refractivity contribution in [3.05, 3.63) is 14.8 Å². The van der Waals surface area contributed by atoms with Crippen LogP contribution in [-0.2, 0) is 25.1 Å². The Balaban J connectivity index is 1.62. The molecule has 0 radical (unpaired) electrons. The van der Waals surface area contributed by atoms with E-state index in [0.717, 1.165) is 11.6 Å². The van der Waals surface area contributed by atoms with E-state index in [1.165, 1.54) is 0 Å². The van der Waals surface area contributed by atoms with Crippen LogP contribution in [0.4, 0.5) is 0 Å². The van der Waals surface area contributed by atoms with Gasteiger partial charge in [0.25, 0.3) is 0 Å². The monoisotopic (exact) mass is 681 g/mol. The van der Waals surface area contributed by atoms with Crippen LogP contribution in [0.2, 0.25) is 40.8 Å². The molecular formula is C25H41ClIN3O5Si2. The van der Waals surface area contributed by atoms with Crippen LogP contribution in [0.5, 0.6) is 6.01 Å². The molecule has 0 aromatic carbocycles. The molecule has 2 aromatic heterocycles. The number of aromatic nitrogens is 3. The molecule has 0 unspecified atom stereocenters. The van der Waals surface area contributed by atoms with E-state index in [2.05, 4.69) is 88.8 Å². The maximum atomic E-state index is 6.96. The SMILES string of the molecule is CC(C)(C)[Si]1(C(C)(C)C)OC[C@@H]2OC[C@@H](Oc3nc4nc(I)c(Cl)cc4n3COCC[Si](C)(C)C)[C@H]2O1. The van der Waals surface area contributed by atoms with Crippen LogP contribution in [0.3, 0.4) is 0 Å². The Labute approximate surface area is 241 Å². The quantitative estimate of drug-likeness (QED) is 0.141. The van der Waals surface area contributed by atoms with Crippen LogP contribution in [0, 0.1) is 3.70 Å². The van der Waals surface area contributed by atoms with Gasteiger partial charge >= 0.3 is 14.6 Å². The molecule has 37 heavy (non-hydrogen) atoms. The summed E-state index contributed by atoms with van der Waals surface area (Å²) in [6.07, 6.45) is -0.733. The highest BCUT2D eigenvalue weighted by molar-refractivity contribution is 14.1. The minimum absolute atomic E-state index is 0.127. The summed E-state index contributed by atoms with van der Waals surface area (Å²) in [5.41, 5.74) is 1.36. The Morgan fingerprint density at radius 2 is 1.81 bits per heavy atom. The summed E-state index contributed by atoms with van der Waals surface area (Å²) in [5, 5.41) is 0.321. The van der Waals surface area contributed by atoms with Gasteiger partial charge in [0.1, 0.15) is 22.6 Å². The number of pyridine rings is 1. The minimum atomic E-state index is -2.67. The average molecular weight is 682 g/mol. The molecule has 2 aliphatic heterocycles. The number of nitrogens with zero attached hydrogens (tertiary/aromatic N) is 3. The first kappa shape index (κ1) is 29.7. The summed E-state index contributed by atoms with van der Waals surface area (Å²) < 4.78 is 34.9. The maximum absolute atomic E-state index is 6.96. The van der Waals surface area contributed by atoms with E-state index in [4.69, 9.17) is 39.6 Å². The molecule has 3 atom stereocenters. The van der Waals surface area contributed by atoms with Crippen molar-refractivity contribution in [1.82, 2.24) is 14.5 Å². The standard InChI is InChI=1S/C25H41ClIN3O5Si2/c1-24(2,3)37(25(4,5)6)33-14-18-20(35-37)19(13-32-18)34-23-29-22-17(12-16(26)21(27)28-22)30(23)15-31-10-11-36(7,8)9/h12,18-20H,10-11,13-15H2,1-9H3/t18-,19+,20-/m0/s1. The highest BCUT2D eigenvalue weighted by atomic mass is 127. The number of halogens is 2. The summed E-state index contributed by atoms with van der Waals surface area (Å²) in [4.78, 5) is 9.33. The van der Waals surface area contributed by atoms with Gasteiger partial charge in [0.05, 0.1) is 23.8 Å². The van der Waals surface area contributed by atoms with E-state index < -0.39 is 16.6 Å². The molecular weight excluding hydrogens is 641 g/mol. The zero-order valence-corrected chi connectivity index (χ0v) is 28.4. The number of hydrogen-bond donors (Lipinski definition) is 0. The minimum Gasteiger partial charge on any atom is -0.456 e. The fraction of sp³-hybridized carbons (Fsp3) is 0.760. The van der Waals surface area contributed by atoms with Crippen molar-refractivity contribution in [3.8, 4) is 6.01 Å². The van der Waals surface area contributed by atoms with Crippen molar-refractivity contribution in [2.75, 3.05) is 19.8 Å². The van der Waals surface area contributed by atoms with Gasteiger partial charge in [-0.2, -0.15) is 4.98 Å². The number of hydrogen-bond acceptors (Lipinski definition) is 7. The van der Waals surface area contributed by atoms with Crippen molar-refractivity contribution in [3.63, 3.8) is 0 Å². The van der Waals surface area contributed by atoms with Gasteiger partial charge in [0, 0.05) is 24.8 Å². The zero-order chi connectivity index (χ0) is 27.4. The number of fused-ring (bicyclic) bond motifs is 2. The Hall–Kier alpha value is -0.286. The molecule has 0 bridgehead atoms. The van der Waals surface area contributed by atoms with Crippen molar-refractivity contribution >= 4 is 62.0 Å². The average Bonchev–Trinajstić information content (AvgIpc) is 3.30. The molecule has 0 spiro atoms. The number of imidazole rings is 1. The molecule has 8 nitrogen and oxygen atoms in total. The molecule has 0 aliphatic carbocycles. The van der Waals surface area contributed by atoms with Crippen molar-refractivity contribution < 1.29 is 23.1 Å². The molecule has 0 saturated carbocycles. The third-order valence-electron chi connectivity index (χ3n) is 7.03. The van der Waals surface area contributed by atoms with Crippen LogP contribution >= 0.6 is 34.2 Å². The van der Waals surface area contributed by atoms with Gasteiger partial charge in [-0.25, -0.2) is 4.98 Å². The Morgan fingerprint density at radius 1 is 1.14 bits per heavy atom. The first-order valence-corrected chi connectivity index (χ1v) is 19.9. The highest BCUT2D eigenvalue weighted by Gasteiger charge is 2.64. The van der Waals surface area contributed by atoms with Gasteiger partial charge in [-0.05, 0) is 34.7 Å². The molecule has 0 amide bonds. The Bertz CT molecular complexity index is 1110. The third kappa shape index (κ3) is 6.08. The van der Waals surface area contributed by atoms with Crippen LogP contribution in [0.25, 0.3) is 11.2 Å². The van der Waals surface area contributed by atoms with Crippen LogP contribution in [0.15, 0.2) is 6.07 Å². The smallest absolute Gasteiger partial charge is 0.349 e. The Kier molecular flexibility index (Phi) is 8.51. The zero-order valence-electron chi connectivity index (χ0n) is 23.5. The topological polar surface area (TPSA) is 76.9 Å². The summed E-state index contributed by atoms with van der Waals surface area (Å²) in [5.74, 6) is 0. The normalized spacial score (nSPS) is 24.5. The molecule has 4 rings (SSSR count). The maximum Gasteiger partial charge on any atom is 0.349 e. The van der Waals surface area contributed by atoms with Gasteiger partial charge in [-0.3, -0.25) is 4.57 Å². The van der Waals surface area contributed by atoms with Gasteiger partial charge < -0.3 is 23.1 Å². The predicted octanol–water partition coefficient (Wildman–Crippen LogP) is 6.61. The highest BCUT2D eigenvalue weighted by Crippen LogP contribution is 2.55. The fourth-order valence-corrected chi connectivity index (χ4v) is 11.5. The lowest BCUT2D eigenvalue weighted by Gasteiger charge is -2.53. The molecule has 208 valence electrons. The molecule has 0 N–H and O–H groups in total. The van der Waals surface area contributed by atoms with Crippen molar-refractivity contribution in [2.45, 2.75) is 102 Å². The van der Waals surface area contributed by atoms with Crippen LogP contribution < -0.4 is 4.74 Å². The molecule has 2 aliphatic rings. The van der Waals surface area contributed by atoms with E-state index in [9.17, 15) is 0 Å². The lowest BCUT2D eigenvalue weighted by atomic mass is 10.1. The first-order valence-electron chi connectivity index (χ1n) is 12.9. The first-order chi connectivity index (χ1) is 17.0. The lowest BCUT2D eigenvalue weighted by molar-refractivity contribution is -0.0660. The van der Waals surface area contributed by atoms with Crippen molar-refractivity contribution in [1.29, 1.82) is 0 Å².